The van der Waals surface area contributed by atoms with E-state index in [0.717, 1.165) is 28.1 Å². The van der Waals surface area contributed by atoms with E-state index in [0.29, 0.717) is 17.6 Å². The highest BCUT2D eigenvalue weighted by molar-refractivity contribution is 5.85. The lowest BCUT2D eigenvalue weighted by atomic mass is 9.73. The molecule has 0 spiro atoms. The molecule has 1 atom stereocenters. The Bertz CT molecular complexity index is 2780. The molecule has 58 heavy (non-hydrogen) atoms. The van der Waals surface area contributed by atoms with Crippen molar-refractivity contribution in [2.45, 2.75) is 44.4 Å². The Morgan fingerprint density at radius 3 is 1.69 bits per heavy atom. The number of aromatic nitrogens is 3. The van der Waals surface area contributed by atoms with Gasteiger partial charge in [0.1, 0.15) is 0 Å². The van der Waals surface area contributed by atoms with E-state index in [1.54, 1.807) is 0 Å². The summed E-state index contributed by atoms with van der Waals surface area (Å²) in [6.45, 7) is 9.36. The molecule has 8 aromatic rings. The molecule has 0 saturated carbocycles. The van der Waals surface area contributed by atoms with E-state index < -0.39 is 0 Å². The first-order valence-electron chi connectivity index (χ1n) is 20.2. The summed E-state index contributed by atoms with van der Waals surface area (Å²) >= 11 is 0. The van der Waals surface area contributed by atoms with E-state index in [1.807, 2.05) is 36.4 Å². The molecule has 0 radical (unpaired) electrons. The van der Waals surface area contributed by atoms with Gasteiger partial charge in [0.05, 0.1) is 11.4 Å². The van der Waals surface area contributed by atoms with Crippen LogP contribution in [-0.4, -0.2) is 15.0 Å². The molecule has 2 heterocycles. The summed E-state index contributed by atoms with van der Waals surface area (Å²) in [6, 6.07) is 62.7. The molecule has 0 N–H and O–H groups in total. The maximum absolute atomic E-state index is 5.19. The Balaban J connectivity index is 1.09. The lowest BCUT2D eigenvalue weighted by molar-refractivity contribution is 0.630. The normalized spacial score (nSPS) is 15.0. The number of hydrogen-bond acceptors (Lipinski definition) is 4. The van der Waals surface area contributed by atoms with Crippen LogP contribution < -0.4 is 4.90 Å². The molecule has 0 bridgehead atoms. The summed E-state index contributed by atoms with van der Waals surface area (Å²) in [7, 11) is 0. The summed E-state index contributed by atoms with van der Waals surface area (Å²) in [5.74, 6) is 1.94. The molecular weight excluding hydrogens is 705 g/mol. The first-order valence-corrected chi connectivity index (χ1v) is 20.2. The van der Waals surface area contributed by atoms with Crippen molar-refractivity contribution in [3.8, 4) is 33.9 Å². The molecule has 1 aliphatic heterocycles. The summed E-state index contributed by atoms with van der Waals surface area (Å²) in [6.07, 6.45) is 4.68. The lowest BCUT2D eigenvalue weighted by Crippen LogP contribution is -2.31. The van der Waals surface area contributed by atoms with E-state index in [4.69, 9.17) is 15.0 Å². The number of hydrogen-bond donors (Lipinski definition) is 0. The Kier molecular flexibility index (Phi) is 8.53. The molecule has 0 fully saturated rings. The van der Waals surface area contributed by atoms with Crippen LogP contribution in [0.25, 0.3) is 40.0 Å². The van der Waals surface area contributed by atoms with Gasteiger partial charge >= 0.3 is 0 Å². The van der Waals surface area contributed by atoms with Crippen molar-refractivity contribution >= 4 is 23.4 Å². The second-order valence-corrected chi connectivity index (χ2v) is 16.5. The third-order valence-corrected chi connectivity index (χ3v) is 12.2. The first kappa shape index (κ1) is 35.5. The highest BCUT2D eigenvalue weighted by Crippen LogP contribution is 2.52. The van der Waals surface area contributed by atoms with Crippen molar-refractivity contribution in [3.63, 3.8) is 0 Å². The molecule has 0 saturated heterocycles. The van der Waals surface area contributed by atoms with Gasteiger partial charge in [-0.1, -0.05) is 198 Å². The monoisotopic (exact) mass is 748 g/mol. The topological polar surface area (TPSA) is 41.9 Å². The van der Waals surface area contributed by atoms with E-state index in [-0.39, 0.29) is 16.7 Å². The summed E-state index contributed by atoms with van der Waals surface area (Å²) in [5.41, 5.74) is 15.3. The van der Waals surface area contributed by atoms with Gasteiger partial charge in [-0.2, -0.15) is 9.97 Å². The highest BCUT2D eigenvalue weighted by atomic mass is 15.3. The predicted molar refractivity (Wildman–Crippen MR) is 239 cm³/mol. The largest absolute Gasteiger partial charge is 0.278 e. The second-order valence-electron chi connectivity index (χ2n) is 16.5. The molecule has 4 nitrogen and oxygen atoms in total. The van der Waals surface area contributed by atoms with E-state index in [9.17, 15) is 0 Å². The zero-order valence-corrected chi connectivity index (χ0v) is 33.3. The molecular formula is C54H44N4. The quantitative estimate of drug-likeness (QED) is 0.163. The van der Waals surface area contributed by atoms with Crippen LogP contribution in [0.3, 0.4) is 0 Å². The fourth-order valence-corrected chi connectivity index (χ4v) is 9.14. The fraction of sp³-hybridized carbons (Fsp3) is 0.130. The van der Waals surface area contributed by atoms with Crippen molar-refractivity contribution in [1.29, 1.82) is 0 Å². The number of benzene rings is 7. The Morgan fingerprint density at radius 1 is 0.448 bits per heavy atom. The predicted octanol–water partition coefficient (Wildman–Crippen LogP) is 13.5. The van der Waals surface area contributed by atoms with Gasteiger partial charge < -0.3 is 0 Å². The van der Waals surface area contributed by atoms with E-state index in [2.05, 4.69) is 184 Å². The van der Waals surface area contributed by atoms with Gasteiger partial charge in [-0.05, 0) is 68.3 Å². The Labute approximate surface area is 341 Å². The van der Waals surface area contributed by atoms with Crippen LogP contribution in [-0.2, 0) is 10.8 Å². The minimum Gasteiger partial charge on any atom is -0.278 e. The smallest absolute Gasteiger partial charge is 0.238 e. The van der Waals surface area contributed by atoms with Crippen molar-refractivity contribution in [1.82, 2.24) is 15.0 Å². The van der Waals surface area contributed by atoms with Crippen molar-refractivity contribution in [2.75, 3.05) is 4.90 Å². The zero-order chi connectivity index (χ0) is 39.4. The minimum atomic E-state index is -0.288. The lowest BCUT2D eigenvalue weighted by Gasteiger charge is -2.41. The van der Waals surface area contributed by atoms with Gasteiger partial charge in [-0.3, -0.25) is 4.90 Å². The molecule has 10 rings (SSSR count). The van der Waals surface area contributed by atoms with Crippen LogP contribution in [0.2, 0.25) is 0 Å². The molecule has 4 heteroatoms. The maximum atomic E-state index is 5.19. The SMILES string of the molecule is CC1(C)c2ccccc2-c2ccc(C(/C=C/c3ccc4c(c3)C(C)(C)c3ccccc3N4c3nc(-c4ccccc4)nc(-c4ccccc4)n3)c3ccccc3)cc21. The second kappa shape index (κ2) is 13.9. The van der Waals surface area contributed by atoms with Crippen LogP contribution in [0.4, 0.5) is 17.3 Å². The number of nitrogens with zero attached hydrogens (tertiary/aromatic N) is 4. The van der Waals surface area contributed by atoms with E-state index in [1.165, 1.54) is 44.5 Å². The molecule has 1 aromatic heterocycles. The Hall–Kier alpha value is -6.91. The molecule has 0 amide bonds. The maximum Gasteiger partial charge on any atom is 0.238 e. The fourth-order valence-electron chi connectivity index (χ4n) is 9.14. The van der Waals surface area contributed by atoms with Crippen LogP contribution in [0.5, 0.6) is 0 Å². The van der Waals surface area contributed by atoms with Gasteiger partial charge in [0.2, 0.25) is 5.95 Å². The molecule has 7 aromatic carbocycles. The van der Waals surface area contributed by atoms with E-state index >= 15 is 0 Å². The van der Waals surface area contributed by atoms with Crippen molar-refractivity contribution < 1.29 is 0 Å². The molecule has 2 aliphatic rings. The summed E-state index contributed by atoms with van der Waals surface area (Å²) in [5, 5.41) is 0. The number of para-hydroxylation sites is 1. The first-order chi connectivity index (χ1) is 28.3. The standard InChI is InChI=1S/C54H44N4/c1-53(2)44-25-15-14-24-42(44)43-32-30-40(35-46(43)53)41(37-18-8-5-9-19-37)31-28-36-29-33-49-47(34-36)54(3,4)45-26-16-17-27-48(45)58(49)52-56-50(38-20-10-6-11-21-38)55-51(57-52)39-22-12-7-13-23-39/h5-35,41H,1-4H3/b31-28+. The van der Waals surface area contributed by atoms with Gasteiger partial charge in [-0.25, -0.2) is 4.98 Å². The average molecular weight is 749 g/mol. The van der Waals surface area contributed by atoms with Gasteiger partial charge in [0.25, 0.3) is 0 Å². The number of anilines is 3. The average Bonchev–Trinajstić information content (AvgIpc) is 3.50. The number of fused-ring (bicyclic) bond motifs is 5. The third-order valence-electron chi connectivity index (χ3n) is 12.2. The third kappa shape index (κ3) is 5.95. The van der Waals surface area contributed by atoms with Crippen LogP contribution in [0, 0.1) is 0 Å². The molecule has 1 unspecified atom stereocenters. The number of allylic oxidation sites excluding steroid dienone is 1. The van der Waals surface area contributed by atoms with Crippen LogP contribution in [0.15, 0.2) is 182 Å². The number of rotatable bonds is 7. The molecule has 1 aliphatic carbocycles. The van der Waals surface area contributed by atoms with Crippen molar-refractivity contribution in [2.24, 2.45) is 0 Å². The summed E-state index contributed by atoms with van der Waals surface area (Å²) < 4.78 is 0. The van der Waals surface area contributed by atoms with Crippen LogP contribution >= 0.6 is 0 Å². The summed E-state index contributed by atoms with van der Waals surface area (Å²) in [4.78, 5) is 17.6. The highest BCUT2D eigenvalue weighted by Gasteiger charge is 2.39. The van der Waals surface area contributed by atoms with Gasteiger partial charge in [0.15, 0.2) is 11.6 Å². The zero-order valence-electron chi connectivity index (χ0n) is 33.3. The minimum absolute atomic E-state index is 0.0681. The van der Waals surface area contributed by atoms with Gasteiger partial charge in [-0.15, -0.1) is 0 Å². The van der Waals surface area contributed by atoms with Crippen LogP contribution in [0.1, 0.15) is 72.6 Å². The Morgan fingerprint density at radius 2 is 1.00 bits per heavy atom. The van der Waals surface area contributed by atoms with Gasteiger partial charge in [0, 0.05) is 27.9 Å². The van der Waals surface area contributed by atoms with Crippen molar-refractivity contribution in [3.05, 3.63) is 221 Å². The molecule has 280 valence electrons.